The van der Waals surface area contributed by atoms with Gasteiger partial charge in [0.1, 0.15) is 6.10 Å². The Morgan fingerprint density at radius 3 is 1.58 bits per heavy atom. The zero-order chi connectivity index (χ0) is 19.5. The molecule has 0 saturated heterocycles. The number of esters is 2. The summed E-state index contributed by atoms with van der Waals surface area (Å²) in [6.45, 7) is -0.729. The Bertz CT molecular complexity index is 705. The van der Waals surface area contributed by atoms with Crippen molar-refractivity contribution in [2.24, 2.45) is 0 Å². The molecule has 1 aliphatic heterocycles. The summed E-state index contributed by atoms with van der Waals surface area (Å²) < 4.78 is 4.35. The van der Waals surface area contributed by atoms with Crippen molar-refractivity contribution in [3.63, 3.8) is 0 Å². The predicted octanol–water partition coefficient (Wildman–Crippen LogP) is 0.714. The van der Waals surface area contributed by atoms with Crippen LogP contribution in [0.25, 0.3) is 0 Å². The lowest BCUT2D eigenvalue weighted by molar-refractivity contribution is 0.0443. The molecule has 8 heteroatoms. The van der Waals surface area contributed by atoms with Crippen molar-refractivity contribution in [2.75, 3.05) is 13.2 Å². The fourth-order valence-electron chi connectivity index (χ4n) is 1.67. The lowest BCUT2D eigenvalue weighted by Gasteiger charge is -1.96. The number of ether oxygens (including phenoxy) is 1. The SMILES string of the molecule is O=C(O)c1ccccc1.O=C1OC(=O)c2ccccc21.OCC(O)CO. The number of cyclic esters (lactones) is 2. The van der Waals surface area contributed by atoms with Crippen LogP contribution >= 0.6 is 0 Å². The molecule has 0 spiro atoms. The molecule has 3 rings (SSSR count). The number of aliphatic hydroxyl groups is 3. The summed E-state index contributed by atoms with van der Waals surface area (Å²) in [6.07, 6.45) is -0.954. The van der Waals surface area contributed by atoms with Crippen LogP contribution in [-0.2, 0) is 4.74 Å². The molecular formula is C18H18O8. The molecule has 0 saturated carbocycles. The Labute approximate surface area is 148 Å². The molecule has 0 atom stereocenters. The van der Waals surface area contributed by atoms with Crippen molar-refractivity contribution in [1.29, 1.82) is 0 Å². The molecule has 138 valence electrons. The fraction of sp³-hybridized carbons (Fsp3) is 0.167. The first-order chi connectivity index (χ1) is 12.4. The van der Waals surface area contributed by atoms with E-state index in [1.165, 1.54) is 0 Å². The molecule has 0 aromatic heterocycles. The Kier molecular flexibility index (Phi) is 8.65. The minimum Gasteiger partial charge on any atom is -0.478 e. The topological polar surface area (TPSA) is 141 Å². The Morgan fingerprint density at radius 1 is 0.846 bits per heavy atom. The second-order valence-electron chi connectivity index (χ2n) is 4.91. The fourth-order valence-corrected chi connectivity index (χ4v) is 1.67. The van der Waals surface area contributed by atoms with Gasteiger partial charge in [0, 0.05) is 0 Å². The standard InChI is InChI=1S/C8H4O3.C7H6O2.C3H8O3/c9-7-5-3-1-2-4-6(5)8(10)11-7;8-7(9)6-4-2-1-3-5-6;4-1-3(6)2-5/h1-4H;1-5H,(H,8,9);3-6H,1-2H2. The highest BCUT2D eigenvalue weighted by Gasteiger charge is 2.28. The zero-order valence-corrected chi connectivity index (χ0v) is 13.6. The number of hydrogen-bond acceptors (Lipinski definition) is 7. The predicted molar refractivity (Wildman–Crippen MR) is 89.8 cm³/mol. The van der Waals surface area contributed by atoms with Gasteiger partial charge < -0.3 is 25.2 Å². The van der Waals surface area contributed by atoms with Gasteiger partial charge in [0.15, 0.2) is 0 Å². The highest BCUT2D eigenvalue weighted by Crippen LogP contribution is 2.18. The highest BCUT2D eigenvalue weighted by molar-refractivity contribution is 6.14. The van der Waals surface area contributed by atoms with E-state index in [0.29, 0.717) is 16.7 Å². The molecule has 1 aliphatic rings. The number of carbonyl (C=O) groups is 3. The van der Waals surface area contributed by atoms with Crippen LogP contribution in [0.1, 0.15) is 31.1 Å². The van der Waals surface area contributed by atoms with Crippen LogP contribution in [0, 0.1) is 0 Å². The van der Waals surface area contributed by atoms with Crippen LogP contribution in [0.5, 0.6) is 0 Å². The first-order valence-electron chi connectivity index (χ1n) is 7.44. The average molecular weight is 362 g/mol. The van der Waals surface area contributed by atoms with Gasteiger partial charge in [0.2, 0.25) is 0 Å². The molecular weight excluding hydrogens is 344 g/mol. The summed E-state index contributed by atoms with van der Waals surface area (Å²) in [5.74, 6) is -1.98. The monoisotopic (exact) mass is 362 g/mol. The second-order valence-corrected chi connectivity index (χ2v) is 4.91. The minimum absolute atomic E-state index is 0.331. The van der Waals surface area contributed by atoms with Crippen LogP contribution in [0.15, 0.2) is 54.6 Å². The van der Waals surface area contributed by atoms with E-state index in [1.54, 1.807) is 54.6 Å². The largest absolute Gasteiger partial charge is 0.478 e. The van der Waals surface area contributed by atoms with E-state index < -0.39 is 24.0 Å². The zero-order valence-electron chi connectivity index (χ0n) is 13.6. The Morgan fingerprint density at radius 2 is 1.27 bits per heavy atom. The third kappa shape index (κ3) is 6.44. The number of benzene rings is 2. The van der Waals surface area contributed by atoms with Crippen molar-refractivity contribution < 1.29 is 39.5 Å². The second kappa shape index (κ2) is 10.7. The summed E-state index contributed by atoms with van der Waals surface area (Å²) in [5, 5.41) is 32.4. The first-order valence-corrected chi connectivity index (χ1v) is 7.44. The van der Waals surface area contributed by atoms with Gasteiger partial charge in [-0.05, 0) is 24.3 Å². The molecule has 0 fully saturated rings. The minimum atomic E-state index is -0.954. The molecule has 0 aliphatic carbocycles. The molecule has 0 radical (unpaired) electrons. The molecule has 8 nitrogen and oxygen atoms in total. The van der Waals surface area contributed by atoms with Gasteiger partial charge in [-0.25, -0.2) is 14.4 Å². The molecule has 0 unspecified atom stereocenters. The Hall–Kier alpha value is -3.07. The van der Waals surface area contributed by atoms with E-state index >= 15 is 0 Å². The van der Waals surface area contributed by atoms with Gasteiger partial charge in [0.05, 0.1) is 29.9 Å². The van der Waals surface area contributed by atoms with Crippen molar-refractivity contribution in [3.05, 3.63) is 71.3 Å². The molecule has 0 amide bonds. The number of fused-ring (bicyclic) bond motifs is 1. The number of hydrogen-bond donors (Lipinski definition) is 4. The smallest absolute Gasteiger partial charge is 0.346 e. The van der Waals surface area contributed by atoms with Crippen molar-refractivity contribution in [3.8, 4) is 0 Å². The summed E-state index contributed by atoms with van der Waals surface area (Å²) in [7, 11) is 0. The number of carboxylic acids is 1. The quantitative estimate of drug-likeness (QED) is 0.462. The van der Waals surface area contributed by atoms with Crippen molar-refractivity contribution >= 4 is 17.9 Å². The van der Waals surface area contributed by atoms with Crippen LogP contribution in [0.4, 0.5) is 0 Å². The summed E-state index contributed by atoms with van der Waals surface area (Å²) in [6, 6.07) is 14.8. The molecule has 1 heterocycles. The Balaban J connectivity index is 0.000000205. The lowest BCUT2D eigenvalue weighted by atomic mass is 10.1. The molecule has 26 heavy (non-hydrogen) atoms. The van der Waals surface area contributed by atoms with E-state index in [0.717, 1.165) is 0 Å². The summed E-state index contributed by atoms with van der Waals surface area (Å²) in [4.78, 5) is 31.9. The van der Waals surface area contributed by atoms with E-state index in [1.807, 2.05) is 0 Å². The van der Waals surface area contributed by atoms with Crippen LogP contribution in [-0.4, -0.2) is 57.7 Å². The number of aliphatic hydroxyl groups excluding tert-OH is 3. The van der Waals surface area contributed by atoms with Crippen LogP contribution in [0.3, 0.4) is 0 Å². The number of carboxylic acid groups (broad SMARTS) is 1. The molecule has 2 aromatic carbocycles. The molecule has 4 N–H and O–H groups in total. The molecule has 2 aromatic rings. The maximum Gasteiger partial charge on any atom is 0.346 e. The van der Waals surface area contributed by atoms with Gasteiger partial charge in [-0.3, -0.25) is 0 Å². The first kappa shape index (κ1) is 21.0. The maximum absolute atomic E-state index is 10.8. The van der Waals surface area contributed by atoms with E-state index in [9.17, 15) is 14.4 Å². The van der Waals surface area contributed by atoms with Gasteiger partial charge >= 0.3 is 17.9 Å². The van der Waals surface area contributed by atoms with E-state index in [2.05, 4.69) is 4.74 Å². The van der Waals surface area contributed by atoms with Gasteiger partial charge in [-0.2, -0.15) is 0 Å². The third-order valence-electron chi connectivity index (χ3n) is 2.99. The number of carbonyl (C=O) groups excluding carboxylic acids is 2. The summed E-state index contributed by atoms with van der Waals surface area (Å²) in [5.41, 5.74) is 1.05. The average Bonchev–Trinajstić information content (AvgIpc) is 2.97. The van der Waals surface area contributed by atoms with Gasteiger partial charge in [-0.15, -0.1) is 0 Å². The highest BCUT2D eigenvalue weighted by atomic mass is 16.6. The third-order valence-corrected chi connectivity index (χ3v) is 2.99. The maximum atomic E-state index is 10.8. The van der Waals surface area contributed by atoms with Gasteiger partial charge in [0.25, 0.3) is 0 Å². The lowest BCUT2D eigenvalue weighted by Crippen LogP contribution is -2.15. The van der Waals surface area contributed by atoms with Crippen molar-refractivity contribution in [1.82, 2.24) is 0 Å². The van der Waals surface area contributed by atoms with Gasteiger partial charge in [-0.1, -0.05) is 30.3 Å². The number of aromatic carboxylic acids is 1. The normalized spacial score (nSPS) is 11.5. The summed E-state index contributed by atoms with van der Waals surface area (Å²) >= 11 is 0. The number of rotatable bonds is 3. The van der Waals surface area contributed by atoms with Crippen molar-refractivity contribution in [2.45, 2.75) is 6.10 Å². The molecule has 0 bridgehead atoms. The van der Waals surface area contributed by atoms with Crippen LogP contribution < -0.4 is 0 Å². The van der Waals surface area contributed by atoms with E-state index in [4.69, 9.17) is 20.4 Å². The van der Waals surface area contributed by atoms with Crippen LogP contribution in [0.2, 0.25) is 0 Å². The van der Waals surface area contributed by atoms with E-state index in [-0.39, 0.29) is 13.2 Å².